The maximum Gasteiger partial charge on any atom is 0.330 e. The topological polar surface area (TPSA) is 49.3 Å². The number of carboxylic acids is 1. The molecule has 0 spiro atoms. The summed E-state index contributed by atoms with van der Waals surface area (Å²) in [6.45, 7) is 5.27. The number of para-hydroxylation sites is 1. The molecule has 80 valence electrons. The van der Waals surface area contributed by atoms with Crippen molar-refractivity contribution in [3.8, 4) is 0 Å². The molecular formula is C11H12ClNO2. The van der Waals surface area contributed by atoms with Crippen molar-refractivity contribution in [3.05, 3.63) is 41.4 Å². The molecule has 0 radical (unpaired) electrons. The Morgan fingerprint density at radius 1 is 1.53 bits per heavy atom. The van der Waals surface area contributed by atoms with Gasteiger partial charge in [0.05, 0.1) is 10.7 Å². The molecule has 0 heterocycles. The maximum absolute atomic E-state index is 10.9. The smallest absolute Gasteiger partial charge is 0.330 e. The third-order valence-corrected chi connectivity index (χ3v) is 2.24. The predicted octanol–water partition coefficient (Wildman–Crippen LogP) is 2.78. The molecule has 1 unspecified atom stereocenters. The van der Waals surface area contributed by atoms with Gasteiger partial charge in [0, 0.05) is 0 Å². The minimum atomic E-state index is -0.970. The quantitative estimate of drug-likeness (QED) is 0.775. The van der Waals surface area contributed by atoms with Crippen LogP contribution in [-0.4, -0.2) is 17.1 Å². The number of anilines is 1. The molecule has 0 amide bonds. The monoisotopic (exact) mass is 225 g/mol. The van der Waals surface area contributed by atoms with Crippen molar-refractivity contribution >= 4 is 23.3 Å². The van der Waals surface area contributed by atoms with Gasteiger partial charge in [-0.25, -0.2) is 4.79 Å². The zero-order valence-corrected chi connectivity index (χ0v) is 9.08. The molecule has 0 aromatic heterocycles. The average molecular weight is 226 g/mol. The molecule has 15 heavy (non-hydrogen) atoms. The number of benzene rings is 1. The fraction of sp³-hybridized carbons (Fsp3) is 0.182. The van der Waals surface area contributed by atoms with Gasteiger partial charge >= 0.3 is 5.97 Å². The van der Waals surface area contributed by atoms with Crippen LogP contribution in [0.3, 0.4) is 0 Å². The number of carbonyl (C=O) groups is 1. The van der Waals surface area contributed by atoms with Gasteiger partial charge in [-0.15, -0.1) is 0 Å². The van der Waals surface area contributed by atoms with Crippen molar-refractivity contribution in [2.45, 2.75) is 13.0 Å². The molecule has 2 N–H and O–H groups in total. The summed E-state index contributed by atoms with van der Waals surface area (Å²) < 4.78 is 0. The van der Waals surface area contributed by atoms with E-state index < -0.39 is 12.0 Å². The molecule has 1 aromatic rings. The Morgan fingerprint density at radius 2 is 2.13 bits per heavy atom. The van der Waals surface area contributed by atoms with Crippen LogP contribution >= 0.6 is 11.6 Å². The van der Waals surface area contributed by atoms with Gasteiger partial charge in [-0.1, -0.05) is 30.3 Å². The van der Waals surface area contributed by atoms with Crippen LogP contribution in [0.1, 0.15) is 6.92 Å². The number of rotatable bonds is 4. The Hall–Kier alpha value is -1.48. The summed E-state index contributed by atoms with van der Waals surface area (Å²) in [5, 5.41) is 12.2. The Labute approximate surface area is 93.4 Å². The molecule has 1 rings (SSSR count). The van der Waals surface area contributed by atoms with Crippen molar-refractivity contribution in [1.29, 1.82) is 0 Å². The van der Waals surface area contributed by atoms with Crippen LogP contribution in [0.25, 0.3) is 0 Å². The van der Waals surface area contributed by atoms with Crippen LogP contribution in [0.5, 0.6) is 0 Å². The lowest BCUT2D eigenvalue weighted by Gasteiger charge is -2.16. The fourth-order valence-electron chi connectivity index (χ4n) is 1.13. The van der Waals surface area contributed by atoms with Crippen LogP contribution < -0.4 is 5.32 Å². The van der Waals surface area contributed by atoms with Crippen LogP contribution in [0.4, 0.5) is 5.69 Å². The number of carboxylic acid groups (broad SMARTS) is 1. The first-order chi connectivity index (χ1) is 7.02. The highest BCUT2D eigenvalue weighted by Crippen LogP contribution is 2.22. The predicted molar refractivity (Wildman–Crippen MR) is 61.3 cm³/mol. The molecule has 3 nitrogen and oxygen atoms in total. The molecule has 0 aliphatic carbocycles. The van der Waals surface area contributed by atoms with Crippen molar-refractivity contribution in [2.75, 3.05) is 5.32 Å². The summed E-state index contributed by atoms with van der Waals surface area (Å²) in [4.78, 5) is 10.9. The normalized spacial score (nSPS) is 11.9. The summed E-state index contributed by atoms with van der Waals surface area (Å²) >= 11 is 5.89. The van der Waals surface area contributed by atoms with Gasteiger partial charge in [-0.3, -0.25) is 0 Å². The third kappa shape index (κ3) is 2.99. The molecule has 0 saturated heterocycles. The van der Waals surface area contributed by atoms with E-state index >= 15 is 0 Å². The number of aliphatic carboxylic acids is 1. The van der Waals surface area contributed by atoms with Gasteiger partial charge in [0.1, 0.15) is 6.04 Å². The first-order valence-corrected chi connectivity index (χ1v) is 4.79. The molecule has 0 aliphatic heterocycles. The molecule has 0 aliphatic rings. The fourth-order valence-corrected chi connectivity index (χ4v) is 1.32. The van der Waals surface area contributed by atoms with Crippen molar-refractivity contribution in [3.63, 3.8) is 0 Å². The standard InChI is InChI=1S/C11H12ClNO2/c1-7(2)10(11(14)15)13-9-6-4-3-5-8(9)12/h3-6,10,13H,1H2,2H3,(H,14,15). The summed E-state index contributed by atoms with van der Waals surface area (Å²) in [6.07, 6.45) is 0. The molecule has 1 aromatic carbocycles. The van der Waals surface area contributed by atoms with E-state index in [1.807, 2.05) is 0 Å². The Morgan fingerprint density at radius 3 is 2.60 bits per heavy atom. The van der Waals surface area contributed by atoms with E-state index in [1.54, 1.807) is 31.2 Å². The molecular weight excluding hydrogens is 214 g/mol. The first kappa shape index (κ1) is 11.6. The van der Waals surface area contributed by atoms with Crippen LogP contribution in [0.2, 0.25) is 5.02 Å². The van der Waals surface area contributed by atoms with Gasteiger partial charge in [0.15, 0.2) is 0 Å². The minimum absolute atomic E-state index is 0.491. The average Bonchev–Trinajstić information content (AvgIpc) is 2.15. The van der Waals surface area contributed by atoms with Crippen LogP contribution in [-0.2, 0) is 4.79 Å². The largest absolute Gasteiger partial charge is 0.479 e. The summed E-state index contributed by atoms with van der Waals surface area (Å²) in [5.74, 6) is -0.970. The van der Waals surface area contributed by atoms with E-state index in [2.05, 4.69) is 11.9 Å². The van der Waals surface area contributed by atoms with Gasteiger partial charge in [-0.2, -0.15) is 0 Å². The minimum Gasteiger partial charge on any atom is -0.479 e. The molecule has 0 bridgehead atoms. The zero-order valence-electron chi connectivity index (χ0n) is 8.33. The van der Waals surface area contributed by atoms with Crippen molar-refractivity contribution in [2.24, 2.45) is 0 Å². The molecule has 0 saturated carbocycles. The van der Waals surface area contributed by atoms with E-state index in [0.29, 0.717) is 16.3 Å². The van der Waals surface area contributed by atoms with E-state index in [4.69, 9.17) is 16.7 Å². The Balaban J connectivity index is 2.88. The van der Waals surface area contributed by atoms with E-state index in [1.165, 1.54) is 0 Å². The molecule has 1 atom stereocenters. The first-order valence-electron chi connectivity index (χ1n) is 4.41. The summed E-state index contributed by atoms with van der Waals surface area (Å²) in [6, 6.07) is 6.17. The lowest BCUT2D eigenvalue weighted by molar-refractivity contribution is -0.137. The third-order valence-electron chi connectivity index (χ3n) is 1.91. The van der Waals surface area contributed by atoms with Crippen molar-refractivity contribution < 1.29 is 9.90 Å². The second kappa shape index (κ2) is 4.84. The van der Waals surface area contributed by atoms with Gasteiger partial charge < -0.3 is 10.4 Å². The second-order valence-corrected chi connectivity index (χ2v) is 3.65. The van der Waals surface area contributed by atoms with Crippen molar-refractivity contribution in [1.82, 2.24) is 0 Å². The highest BCUT2D eigenvalue weighted by molar-refractivity contribution is 6.33. The Bertz CT molecular complexity index is 376. The van der Waals surface area contributed by atoms with E-state index in [0.717, 1.165) is 0 Å². The van der Waals surface area contributed by atoms with E-state index in [9.17, 15) is 4.79 Å². The molecule has 4 heteroatoms. The lowest BCUT2D eigenvalue weighted by Crippen LogP contribution is -2.30. The zero-order chi connectivity index (χ0) is 11.4. The highest BCUT2D eigenvalue weighted by Gasteiger charge is 2.18. The number of nitrogens with one attached hydrogen (secondary N) is 1. The van der Waals surface area contributed by atoms with Gasteiger partial charge in [-0.05, 0) is 24.6 Å². The maximum atomic E-state index is 10.9. The Kier molecular flexibility index (Phi) is 3.74. The number of hydrogen-bond acceptors (Lipinski definition) is 2. The highest BCUT2D eigenvalue weighted by atomic mass is 35.5. The second-order valence-electron chi connectivity index (χ2n) is 3.24. The lowest BCUT2D eigenvalue weighted by atomic mass is 10.1. The van der Waals surface area contributed by atoms with Gasteiger partial charge in [0.25, 0.3) is 0 Å². The summed E-state index contributed by atoms with van der Waals surface area (Å²) in [7, 11) is 0. The van der Waals surface area contributed by atoms with Crippen LogP contribution in [0, 0.1) is 0 Å². The number of hydrogen-bond donors (Lipinski definition) is 2. The van der Waals surface area contributed by atoms with E-state index in [-0.39, 0.29) is 0 Å². The van der Waals surface area contributed by atoms with Crippen LogP contribution in [0.15, 0.2) is 36.4 Å². The number of halogens is 1. The molecule has 0 fully saturated rings. The summed E-state index contributed by atoms with van der Waals surface area (Å²) in [5.41, 5.74) is 1.12. The SMILES string of the molecule is C=C(C)C(Nc1ccccc1Cl)C(=O)O. The van der Waals surface area contributed by atoms with Gasteiger partial charge in [0.2, 0.25) is 0 Å².